The van der Waals surface area contributed by atoms with E-state index in [-0.39, 0.29) is 0 Å². The summed E-state index contributed by atoms with van der Waals surface area (Å²) in [7, 11) is 3.61. The number of benzene rings is 2. The third kappa shape index (κ3) is 1.39. The standard InChI is InChI=1S/C12H13NO/c1-13-12-5-3-4-9-8-10(14-2)6-7-11(9)12/h3-8,13H,1-2H3. The third-order valence-corrected chi connectivity index (χ3v) is 2.36. The van der Waals surface area contributed by atoms with E-state index in [9.17, 15) is 0 Å². The minimum absolute atomic E-state index is 0.894. The van der Waals surface area contributed by atoms with Crippen LogP contribution in [0.1, 0.15) is 0 Å². The topological polar surface area (TPSA) is 21.3 Å². The van der Waals surface area contributed by atoms with Gasteiger partial charge in [0.1, 0.15) is 5.75 Å². The van der Waals surface area contributed by atoms with Crippen molar-refractivity contribution in [3.63, 3.8) is 0 Å². The van der Waals surface area contributed by atoms with Crippen LogP contribution in [0.25, 0.3) is 10.8 Å². The van der Waals surface area contributed by atoms with Crippen LogP contribution < -0.4 is 10.1 Å². The van der Waals surface area contributed by atoms with E-state index in [1.807, 2.05) is 25.2 Å². The van der Waals surface area contributed by atoms with Crippen molar-refractivity contribution in [2.45, 2.75) is 0 Å². The lowest BCUT2D eigenvalue weighted by atomic mass is 10.1. The highest BCUT2D eigenvalue weighted by molar-refractivity contribution is 5.94. The summed E-state index contributed by atoms with van der Waals surface area (Å²) in [6.45, 7) is 0. The number of rotatable bonds is 2. The summed E-state index contributed by atoms with van der Waals surface area (Å²) in [4.78, 5) is 0. The van der Waals surface area contributed by atoms with Gasteiger partial charge in [-0.05, 0) is 29.7 Å². The maximum Gasteiger partial charge on any atom is 0.119 e. The first kappa shape index (κ1) is 8.88. The van der Waals surface area contributed by atoms with E-state index in [0.717, 1.165) is 11.4 Å². The highest BCUT2D eigenvalue weighted by Gasteiger charge is 1.99. The van der Waals surface area contributed by atoms with Crippen molar-refractivity contribution >= 4 is 16.5 Å². The molecule has 0 bridgehead atoms. The molecule has 2 heteroatoms. The Balaban J connectivity index is 2.67. The number of anilines is 1. The molecule has 0 saturated carbocycles. The van der Waals surface area contributed by atoms with E-state index in [1.54, 1.807) is 7.11 Å². The van der Waals surface area contributed by atoms with Gasteiger partial charge in [0.15, 0.2) is 0 Å². The molecule has 0 aromatic heterocycles. The second kappa shape index (κ2) is 3.58. The van der Waals surface area contributed by atoms with E-state index < -0.39 is 0 Å². The van der Waals surface area contributed by atoms with Crippen LogP contribution in [0.15, 0.2) is 36.4 Å². The van der Waals surface area contributed by atoms with E-state index in [2.05, 4.69) is 23.5 Å². The molecule has 0 amide bonds. The lowest BCUT2D eigenvalue weighted by Crippen LogP contribution is -1.89. The van der Waals surface area contributed by atoms with Crippen LogP contribution >= 0.6 is 0 Å². The molecular formula is C12H13NO. The van der Waals surface area contributed by atoms with Crippen molar-refractivity contribution in [1.29, 1.82) is 0 Å². The number of hydrogen-bond donors (Lipinski definition) is 1. The highest BCUT2D eigenvalue weighted by atomic mass is 16.5. The van der Waals surface area contributed by atoms with Gasteiger partial charge in [-0.15, -0.1) is 0 Å². The van der Waals surface area contributed by atoms with Gasteiger partial charge in [-0.1, -0.05) is 12.1 Å². The van der Waals surface area contributed by atoms with Gasteiger partial charge < -0.3 is 10.1 Å². The van der Waals surface area contributed by atoms with Gasteiger partial charge in [-0.3, -0.25) is 0 Å². The molecule has 0 unspecified atom stereocenters. The minimum atomic E-state index is 0.894. The van der Waals surface area contributed by atoms with E-state index in [4.69, 9.17) is 4.74 Å². The minimum Gasteiger partial charge on any atom is -0.497 e. The maximum atomic E-state index is 5.18. The van der Waals surface area contributed by atoms with Gasteiger partial charge >= 0.3 is 0 Å². The van der Waals surface area contributed by atoms with E-state index >= 15 is 0 Å². The summed E-state index contributed by atoms with van der Waals surface area (Å²) in [5.41, 5.74) is 1.14. The predicted octanol–water partition coefficient (Wildman–Crippen LogP) is 2.89. The Morgan fingerprint density at radius 1 is 1.14 bits per heavy atom. The zero-order valence-corrected chi connectivity index (χ0v) is 8.37. The van der Waals surface area contributed by atoms with Gasteiger partial charge in [-0.2, -0.15) is 0 Å². The van der Waals surface area contributed by atoms with Crippen LogP contribution in [0.5, 0.6) is 5.75 Å². The molecule has 72 valence electrons. The van der Waals surface area contributed by atoms with Crippen LogP contribution in [-0.4, -0.2) is 14.2 Å². The first-order valence-corrected chi connectivity index (χ1v) is 4.59. The monoisotopic (exact) mass is 187 g/mol. The fourth-order valence-corrected chi connectivity index (χ4v) is 1.61. The van der Waals surface area contributed by atoms with Crippen molar-refractivity contribution in [2.75, 3.05) is 19.5 Å². The molecule has 0 aliphatic carbocycles. The maximum absolute atomic E-state index is 5.18. The second-order valence-corrected chi connectivity index (χ2v) is 3.14. The summed E-state index contributed by atoms with van der Waals surface area (Å²) < 4.78 is 5.18. The van der Waals surface area contributed by atoms with Gasteiger partial charge in [-0.25, -0.2) is 0 Å². The Morgan fingerprint density at radius 2 is 2.00 bits per heavy atom. The molecule has 2 nitrogen and oxygen atoms in total. The van der Waals surface area contributed by atoms with Crippen LogP contribution in [-0.2, 0) is 0 Å². The van der Waals surface area contributed by atoms with Gasteiger partial charge in [0.05, 0.1) is 7.11 Å². The lowest BCUT2D eigenvalue weighted by Gasteiger charge is -2.07. The fourth-order valence-electron chi connectivity index (χ4n) is 1.61. The Morgan fingerprint density at radius 3 is 2.71 bits per heavy atom. The molecule has 0 heterocycles. The van der Waals surface area contributed by atoms with E-state index in [1.165, 1.54) is 10.8 Å². The molecule has 2 rings (SSSR count). The third-order valence-electron chi connectivity index (χ3n) is 2.36. The Kier molecular flexibility index (Phi) is 2.27. The predicted molar refractivity (Wildman–Crippen MR) is 60.0 cm³/mol. The molecule has 0 spiro atoms. The van der Waals surface area contributed by atoms with Gasteiger partial charge in [0.2, 0.25) is 0 Å². The summed E-state index contributed by atoms with van der Waals surface area (Å²) in [6, 6.07) is 12.3. The first-order chi connectivity index (χ1) is 6.85. The van der Waals surface area contributed by atoms with Crippen molar-refractivity contribution in [3.05, 3.63) is 36.4 Å². The van der Waals surface area contributed by atoms with Crippen LogP contribution in [0.4, 0.5) is 5.69 Å². The average Bonchev–Trinajstić information content (AvgIpc) is 2.27. The highest BCUT2D eigenvalue weighted by Crippen LogP contribution is 2.26. The molecule has 0 fully saturated rings. The van der Waals surface area contributed by atoms with Crippen LogP contribution in [0.3, 0.4) is 0 Å². The van der Waals surface area contributed by atoms with E-state index in [0.29, 0.717) is 0 Å². The van der Waals surface area contributed by atoms with Crippen LogP contribution in [0, 0.1) is 0 Å². The molecule has 14 heavy (non-hydrogen) atoms. The molecule has 0 saturated heterocycles. The summed E-state index contributed by atoms with van der Waals surface area (Å²) >= 11 is 0. The molecular weight excluding hydrogens is 174 g/mol. The number of hydrogen-bond acceptors (Lipinski definition) is 2. The molecule has 0 radical (unpaired) electrons. The molecule has 0 atom stereocenters. The van der Waals surface area contributed by atoms with Gasteiger partial charge in [0, 0.05) is 18.1 Å². The lowest BCUT2D eigenvalue weighted by molar-refractivity contribution is 0.415. The van der Waals surface area contributed by atoms with Crippen molar-refractivity contribution in [3.8, 4) is 5.75 Å². The number of fused-ring (bicyclic) bond motifs is 1. The Hall–Kier alpha value is -1.70. The largest absolute Gasteiger partial charge is 0.497 e. The molecule has 2 aromatic rings. The quantitative estimate of drug-likeness (QED) is 0.780. The van der Waals surface area contributed by atoms with Crippen molar-refractivity contribution in [1.82, 2.24) is 0 Å². The van der Waals surface area contributed by atoms with Gasteiger partial charge in [0.25, 0.3) is 0 Å². The number of ether oxygens (including phenoxy) is 1. The number of nitrogens with one attached hydrogen (secondary N) is 1. The Bertz CT molecular complexity index is 451. The zero-order valence-electron chi connectivity index (χ0n) is 8.37. The SMILES string of the molecule is CNc1cccc2cc(OC)ccc12. The number of methoxy groups -OCH3 is 1. The molecule has 0 aliphatic heterocycles. The first-order valence-electron chi connectivity index (χ1n) is 4.59. The van der Waals surface area contributed by atoms with Crippen LogP contribution in [0.2, 0.25) is 0 Å². The summed E-state index contributed by atoms with van der Waals surface area (Å²) in [5.74, 6) is 0.894. The second-order valence-electron chi connectivity index (χ2n) is 3.14. The van der Waals surface area contributed by atoms with Crippen molar-refractivity contribution < 1.29 is 4.74 Å². The smallest absolute Gasteiger partial charge is 0.119 e. The fraction of sp³-hybridized carbons (Fsp3) is 0.167. The molecule has 1 N–H and O–H groups in total. The summed E-state index contributed by atoms with van der Waals surface area (Å²) in [5, 5.41) is 5.58. The Labute approximate surface area is 83.5 Å². The average molecular weight is 187 g/mol. The summed E-state index contributed by atoms with van der Waals surface area (Å²) in [6.07, 6.45) is 0. The molecule has 0 aliphatic rings. The molecule has 2 aromatic carbocycles. The van der Waals surface area contributed by atoms with Crippen molar-refractivity contribution in [2.24, 2.45) is 0 Å². The zero-order chi connectivity index (χ0) is 9.97. The normalized spacial score (nSPS) is 10.1.